The average Bonchev–Trinajstić information content (AvgIpc) is 3.48. The van der Waals surface area contributed by atoms with E-state index in [1.165, 1.54) is 18.0 Å². The summed E-state index contributed by atoms with van der Waals surface area (Å²) in [5.41, 5.74) is 3.43. The van der Waals surface area contributed by atoms with Gasteiger partial charge in [-0.1, -0.05) is 36.9 Å². The van der Waals surface area contributed by atoms with Crippen molar-refractivity contribution in [3.8, 4) is 5.75 Å². The van der Waals surface area contributed by atoms with Crippen molar-refractivity contribution in [3.63, 3.8) is 0 Å². The van der Waals surface area contributed by atoms with Gasteiger partial charge in [0.05, 0.1) is 36.8 Å². The number of nitrogens with zero attached hydrogens (tertiary/aromatic N) is 5. The lowest BCUT2D eigenvalue weighted by atomic mass is 10.0. The van der Waals surface area contributed by atoms with E-state index >= 15 is 0 Å². The Hall–Kier alpha value is -4.15. The van der Waals surface area contributed by atoms with Crippen LogP contribution in [0.5, 0.6) is 5.75 Å². The fourth-order valence-corrected chi connectivity index (χ4v) is 5.35. The molecule has 10 nitrogen and oxygen atoms in total. The van der Waals surface area contributed by atoms with Crippen LogP contribution in [0.25, 0.3) is 0 Å². The zero-order chi connectivity index (χ0) is 28.1. The standard InChI is InChI=1S/C30H37N7O3/c1-5-30(38)34-23-17-24(27(39-4)18-26(23)36-14-11-22(12-15-36)35(2)3)33-28-19-29(32-20-31-28)37-25(13-16-40-37)21-9-7-6-8-10-21/h5-10,17-20,22,25H,1,11-16H2,2-4H3,(H,34,38)(H,31,32,33). The molecule has 3 aromatic rings. The molecule has 40 heavy (non-hydrogen) atoms. The molecule has 5 rings (SSSR count). The highest BCUT2D eigenvalue weighted by atomic mass is 16.7. The number of nitrogens with one attached hydrogen (secondary N) is 2. The predicted octanol–water partition coefficient (Wildman–Crippen LogP) is 4.77. The first-order valence-electron chi connectivity index (χ1n) is 13.6. The number of aromatic nitrogens is 2. The van der Waals surface area contributed by atoms with Crippen LogP contribution in [0.3, 0.4) is 0 Å². The number of benzene rings is 2. The van der Waals surface area contributed by atoms with E-state index in [0.717, 1.165) is 38.0 Å². The molecule has 2 N–H and O–H groups in total. The van der Waals surface area contributed by atoms with Gasteiger partial charge in [-0.15, -0.1) is 0 Å². The van der Waals surface area contributed by atoms with Crippen molar-refractivity contribution in [3.05, 3.63) is 73.1 Å². The molecular formula is C30H37N7O3. The Morgan fingerprint density at radius 1 is 1.10 bits per heavy atom. The molecule has 0 radical (unpaired) electrons. The largest absolute Gasteiger partial charge is 0.494 e. The summed E-state index contributed by atoms with van der Waals surface area (Å²) in [4.78, 5) is 31.8. The molecule has 0 spiro atoms. The third-order valence-electron chi connectivity index (χ3n) is 7.53. The number of rotatable bonds is 9. The van der Waals surface area contributed by atoms with E-state index in [1.54, 1.807) is 7.11 Å². The van der Waals surface area contributed by atoms with Gasteiger partial charge >= 0.3 is 0 Å². The van der Waals surface area contributed by atoms with Gasteiger partial charge in [-0.3, -0.25) is 9.63 Å². The fourth-order valence-electron chi connectivity index (χ4n) is 5.35. The normalized spacial score (nSPS) is 17.6. The van der Waals surface area contributed by atoms with Gasteiger partial charge in [0.1, 0.15) is 17.9 Å². The van der Waals surface area contributed by atoms with Crippen molar-refractivity contribution in [2.75, 3.05) is 61.5 Å². The Labute approximate surface area is 235 Å². The molecule has 0 aliphatic carbocycles. The Bertz CT molecular complexity index is 1330. The monoisotopic (exact) mass is 543 g/mol. The van der Waals surface area contributed by atoms with E-state index in [4.69, 9.17) is 9.57 Å². The second-order valence-electron chi connectivity index (χ2n) is 10.2. The second kappa shape index (κ2) is 12.4. The molecule has 210 valence electrons. The molecule has 1 atom stereocenters. The van der Waals surface area contributed by atoms with Gasteiger partial charge in [-0.05, 0) is 44.6 Å². The van der Waals surface area contributed by atoms with Crippen molar-refractivity contribution in [1.82, 2.24) is 14.9 Å². The highest BCUT2D eigenvalue weighted by molar-refractivity contribution is 6.02. The zero-order valence-corrected chi connectivity index (χ0v) is 23.3. The summed E-state index contributed by atoms with van der Waals surface area (Å²) in [5.74, 6) is 1.60. The fraction of sp³-hybridized carbons (Fsp3) is 0.367. The minimum absolute atomic E-state index is 0.0649. The number of piperidine rings is 1. The summed E-state index contributed by atoms with van der Waals surface area (Å²) >= 11 is 0. The number of hydrogen-bond donors (Lipinski definition) is 2. The number of hydrogen-bond acceptors (Lipinski definition) is 9. The maximum absolute atomic E-state index is 12.4. The quantitative estimate of drug-likeness (QED) is 0.370. The molecular weight excluding hydrogens is 506 g/mol. The summed E-state index contributed by atoms with van der Waals surface area (Å²) in [6, 6.07) is 16.6. The first-order valence-corrected chi connectivity index (χ1v) is 13.6. The lowest BCUT2D eigenvalue weighted by molar-refractivity contribution is -0.111. The Balaban J connectivity index is 1.42. The molecule has 2 fully saturated rings. The van der Waals surface area contributed by atoms with Gasteiger partial charge in [0.2, 0.25) is 5.91 Å². The first kappa shape index (κ1) is 27.4. The smallest absolute Gasteiger partial charge is 0.247 e. The molecule has 2 saturated heterocycles. The minimum Gasteiger partial charge on any atom is -0.494 e. The summed E-state index contributed by atoms with van der Waals surface area (Å²) in [6.45, 7) is 5.99. The maximum Gasteiger partial charge on any atom is 0.247 e. The average molecular weight is 544 g/mol. The summed E-state index contributed by atoms with van der Waals surface area (Å²) in [5, 5.41) is 8.19. The summed E-state index contributed by atoms with van der Waals surface area (Å²) in [6.07, 6.45) is 5.73. The lowest BCUT2D eigenvalue weighted by Crippen LogP contribution is -2.42. The van der Waals surface area contributed by atoms with E-state index in [-0.39, 0.29) is 11.9 Å². The van der Waals surface area contributed by atoms with Gasteiger partial charge in [0.25, 0.3) is 0 Å². The van der Waals surface area contributed by atoms with Crippen molar-refractivity contribution < 1.29 is 14.4 Å². The number of ether oxygens (including phenoxy) is 1. The number of amides is 1. The van der Waals surface area contributed by atoms with Crippen LogP contribution < -0.4 is 25.3 Å². The summed E-state index contributed by atoms with van der Waals surface area (Å²) < 4.78 is 5.79. The van der Waals surface area contributed by atoms with E-state index in [9.17, 15) is 4.79 Å². The van der Waals surface area contributed by atoms with Gasteiger partial charge in [0, 0.05) is 37.7 Å². The lowest BCUT2D eigenvalue weighted by Gasteiger charge is -2.37. The first-order chi connectivity index (χ1) is 19.5. The second-order valence-corrected chi connectivity index (χ2v) is 10.2. The van der Waals surface area contributed by atoms with Crippen LogP contribution in [0.1, 0.15) is 30.9 Å². The van der Waals surface area contributed by atoms with Crippen molar-refractivity contribution in [1.29, 1.82) is 0 Å². The van der Waals surface area contributed by atoms with Crippen LogP contribution in [0, 0.1) is 0 Å². The van der Waals surface area contributed by atoms with Gasteiger partial charge < -0.3 is 25.2 Å². The van der Waals surface area contributed by atoms with E-state index in [2.05, 4.69) is 63.2 Å². The molecule has 0 bridgehead atoms. The van der Waals surface area contributed by atoms with E-state index < -0.39 is 0 Å². The molecule has 0 saturated carbocycles. The number of anilines is 5. The molecule has 2 aliphatic rings. The Kier molecular flexibility index (Phi) is 8.47. The summed E-state index contributed by atoms with van der Waals surface area (Å²) in [7, 11) is 5.88. The third-order valence-corrected chi connectivity index (χ3v) is 7.53. The van der Waals surface area contributed by atoms with Crippen LogP contribution in [-0.4, -0.2) is 67.7 Å². The Morgan fingerprint density at radius 2 is 1.88 bits per heavy atom. The molecule has 3 heterocycles. The molecule has 1 amide bonds. The molecule has 2 aliphatic heterocycles. The minimum atomic E-state index is -0.275. The van der Waals surface area contributed by atoms with Crippen LogP contribution in [0.15, 0.2) is 67.5 Å². The van der Waals surface area contributed by atoms with Crippen LogP contribution >= 0.6 is 0 Å². The van der Waals surface area contributed by atoms with Crippen LogP contribution in [0.2, 0.25) is 0 Å². The third kappa shape index (κ3) is 6.03. The van der Waals surface area contributed by atoms with E-state index in [0.29, 0.717) is 41.4 Å². The molecule has 1 unspecified atom stereocenters. The number of carbonyl (C=O) groups excluding carboxylic acids is 1. The van der Waals surface area contributed by atoms with Gasteiger partial charge in [-0.2, -0.15) is 0 Å². The van der Waals surface area contributed by atoms with Crippen molar-refractivity contribution in [2.24, 2.45) is 0 Å². The zero-order valence-electron chi connectivity index (χ0n) is 23.3. The van der Waals surface area contributed by atoms with Crippen molar-refractivity contribution in [2.45, 2.75) is 31.3 Å². The number of carbonyl (C=O) groups is 1. The highest BCUT2D eigenvalue weighted by Gasteiger charge is 2.29. The topological polar surface area (TPSA) is 95.1 Å². The maximum atomic E-state index is 12.4. The predicted molar refractivity (Wildman–Crippen MR) is 158 cm³/mol. The molecule has 1 aromatic heterocycles. The molecule has 2 aromatic carbocycles. The number of hydroxylamine groups is 1. The van der Waals surface area contributed by atoms with E-state index in [1.807, 2.05) is 41.5 Å². The van der Waals surface area contributed by atoms with Crippen LogP contribution in [-0.2, 0) is 9.63 Å². The molecule has 10 heteroatoms. The highest BCUT2D eigenvalue weighted by Crippen LogP contribution is 2.40. The SMILES string of the molecule is C=CC(=O)Nc1cc(Nc2cc(N3OCCC3c3ccccc3)ncn2)c(OC)cc1N1CCC(N(C)C)CC1. The Morgan fingerprint density at radius 3 is 2.58 bits per heavy atom. The number of methoxy groups -OCH3 is 1. The van der Waals surface area contributed by atoms with Gasteiger partial charge in [0.15, 0.2) is 5.82 Å². The van der Waals surface area contributed by atoms with Crippen molar-refractivity contribution >= 4 is 34.6 Å². The van der Waals surface area contributed by atoms with Crippen LogP contribution in [0.4, 0.5) is 28.7 Å². The van der Waals surface area contributed by atoms with Gasteiger partial charge in [-0.25, -0.2) is 15.0 Å².